The predicted molar refractivity (Wildman–Crippen MR) is 94.9 cm³/mol. The van der Waals surface area contributed by atoms with Crippen LogP contribution in [0.5, 0.6) is 0 Å². The van der Waals surface area contributed by atoms with E-state index in [1.165, 1.54) is 0 Å². The molecule has 0 aliphatic carbocycles. The van der Waals surface area contributed by atoms with Crippen LogP contribution in [0.15, 0.2) is 42.7 Å². The van der Waals surface area contributed by atoms with E-state index in [2.05, 4.69) is 17.2 Å². The summed E-state index contributed by atoms with van der Waals surface area (Å²) in [4.78, 5) is 18.3. The fourth-order valence-corrected chi connectivity index (χ4v) is 2.30. The molecular formula is C18H22ClN3O. The van der Waals surface area contributed by atoms with Gasteiger partial charge in [0.2, 0.25) is 0 Å². The van der Waals surface area contributed by atoms with Gasteiger partial charge in [0.05, 0.1) is 11.3 Å². The van der Waals surface area contributed by atoms with Gasteiger partial charge in [-0.1, -0.05) is 37.1 Å². The second-order valence-corrected chi connectivity index (χ2v) is 5.96. The first-order valence-corrected chi connectivity index (χ1v) is 8.16. The van der Waals surface area contributed by atoms with Gasteiger partial charge in [-0.05, 0) is 30.2 Å². The molecule has 0 saturated carbocycles. The number of pyridine rings is 1. The van der Waals surface area contributed by atoms with Gasteiger partial charge in [-0.25, -0.2) is 0 Å². The first-order chi connectivity index (χ1) is 11.1. The number of benzene rings is 1. The third-order valence-electron chi connectivity index (χ3n) is 3.59. The van der Waals surface area contributed by atoms with Gasteiger partial charge in [0.25, 0.3) is 5.91 Å². The molecule has 0 bridgehead atoms. The second-order valence-electron chi connectivity index (χ2n) is 5.52. The first kappa shape index (κ1) is 17.3. The number of amides is 1. The third kappa shape index (κ3) is 5.25. The minimum absolute atomic E-state index is 0.00101. The van der Waals surface area contributed by atoms with E-state index in [4.69, 9.17) is 11.6 Å². The van der Waals surface area contributed by atoms with Gasteiger partial charge in [-0.2, -0.15) is 0 Å². The summed E-state index contributed by atoms with van der Waals surface area (Å²) in [7, 11) is 1.83. The molecule has 122 valence electrons. The van der Waals surface area contributed by atoms with Gasteiger partial charge >= 0.3 is 0 Å². The second kappa shape index (κ2) is 8.53. The number of carbonyl (C=O) groups is 1. The lowest BCUT2D eigenvalue weighted by Crippen LogP contribution is -2.27. The minimum Gasteiger partial charge on any atom is -0.380 e. The normalized spacial score (nSPS) is 10.4. The number of carbonyl (C=O) groups excluding carboxylic acids is 1. The molecule has 0 unspecified atom stereocenters. The van der Waals surface area contributed by atoms with Crippen molar-refractivity contribution in [2.75, 3.05) is 18.9 Å². The van der Waals surface area contributed by atoms with Crippen molar-refractivity contribution in [3.8, 4) is 0 Å². The van der Waals surface area contributed by atoms with Crippen LogP contribution >= 0.6 is 11.6 Å². The van der Waals surface area contributed by atoms with E-state index >= 15 is 0 Å². The number of anilines is 1. The van der Waals surface area contributed by atoms with Crippen LogP contribution in [0.25, 0.3) is 0 Å². The zero-order chi connectivity index (χ0) is 16.7. The van der Waals surface area contributed by atoms with Crippen LogP contribution in [-0.2, 0) is 6.54 Å². The van der Waals surface area contributed by atoms with Gasteiger partial charge in [0.1, 0.15) is 0 Å². The van der Waals surface area contributed by atoms with E-state index < -0.39 is 0 Å². The Balaban J connectivity index is 1.98. The molecule has 1 amide bonds. The molecule has 0 atom stereocenters. The summed E-state index contributed by atoms with van der Waals surface area (Å²) in [6.45, 7) is 3.53. The molecule has 0 spiro atoms. The number of rotatable bonds is 7. The van der Waals surface area contributed by atoms with Crippen LogP contribution in [0.1, 0.15) is 35.7 Å². The first-order valence-electron chi connectivity index (χ1n) is 7.79. The molecule has 1 aromatic carbocycles. The molecule has 0 aliphatic heterocycles. The molecule has 4 nitrogen and oxygen atoms in total. The van der Waals surface area contributed by atoms with E-state index in [1.54, 1.807) is 17.3 Å². The molecule has 23 heavy (non-hydrogen) atoms. The maximum atomic E-state index is 12.4. The van der Waals surface area contributed by atoms with Gasteiger partial charge in [-0.3, -0.25) is 9.78 Å². The molecule has 2 aromatic rings. The standard InChI is InChI=1S/C18H22ClN3O/c1-3-4-9-22(2)18(23)15-10-17(13-20-12-15)21-11-14-5-7-16(19)8-6-14/h5-8,10,12-13,21H,3-4,9,11H2,1-2H3. The number of halogens is 1. The summed E-state index contributed by atoms with van der Waals surface area (Å²) in [5, 5.41) is 4.00. The molecular weight excluding hydrogens is 310 g/mol. The molecule has 0 fully saturated rings. The maximum Gasteiger partial charge on any atom is 0.255 e. The average Bonchev–Trinajstić information content (AvgIpc) is 2.58. The van der Waals surface area contributed by atoms with Crippen LogP contribution in [0.4, 0.5) is 5.69 Å². The van der Waals surface area contributed by atoms with Crippen molar-refractivity contribution in [1.29, 1.82) is 0 Å². The van der Waals surface area contributed by atoms with Crippen LogP contribution in [0.3, 0.4) is 0 Å². The fourth-order valence-electron chi connectivity index (χ4n) is 2.18. The van der Waals surface area contributed by atoms with Crippen molar-refractivity contribution in [3.63, 3.8) is 0 Å². The van der Waals surface area contributed by atoms with Crippen LogP contribution < -0.4 is 5.32 Å². The molecule has 1 N–H and O–H groups in total. The number of nitrogens with one attached hydrogen (secondary N) is 1. The zero-order valence-electron chi connectivity index (χ0n) is 13.6. The van der Waals surface area contributed by atoms with Crippen molar-refractivity contribution >= 4 is 23.2 Å². The van der Waals surface area contributed by atoms with Crippen molar-refractivity contribution in [1.82, 2.24) is 9.88 Å². The lowest BCUT2D eigenvalue weighted by Gasteiger charge is -2.17. The summed E-state index contributed by atoms with van der Waals surface area (Å²) in [6.07, 6.45) is 5.40. The Bertz CT molecular complexity index is 643. The Morgan fingerprint density at radius 2 is 2.00 bits per heavy atom. The summed E-state index contributed by atoms with van der Waals surface area (Å²) in [5.74, 6) is 0.00101. The van der Waals surface area contributed by atoms with E-state index in [-0.39, 0.29) is 5.91 Å². The highest BCUT2D eigenvalue weighted by Crippen LogP contribution is 2.14. The molecule has 0 aliphatic rings. The molecule has 5 heteroatoms. The van der Waals surface area contributed by atoms with Gasteiger partial charge < -0.3 is 10.2 Å². The van der Waals surface area contributed by atoms with Gasteiger partial charge in [-0.15, -0.1) is 0 Å². The smallest absolute Gasteiger partial charge is 0.255 e. The highest BCUT2D eigenvalue weighted by atomic mass is 35.5. The summed E-state index contributed by atoms with van der Waals surface area (Å²) < 4.78 is 0. The summed E-state index contributed by atoms with van der Waals surface area (Å²) in [6, 6.07) is 9.50. The molecule has 0 saturated heterocycles. The van der Waals surface area contributed by atoms with E-state index in [0.717, 1.165) is 35.7 Å². The lowest BCUT2D eigenvalue weighted by molar-refractivity contribution is 0.0793. The van der Waals surface area contributed by atoms with Crippen LogP contribution in [-0.4, -0.2) is 29.4 Å². The number of nitrogens with zero attached hydrogens (tertiary/aromatic N) is 2. The molecule has 1 heterocycles. The monoisotopic (exact) mass is 331 g/mol. The Kier molecular flexibility index (Phi) is 6.41. The molecule has 2 rings (SSSR count). The van der Waals surface area contributed by atoms with Gasteiger partial charge in [0, 0.05) is 37.6 Å². The fraction of sp³-hybridized carbons (Fsp3) is 0.333. The van der Waals surface area contributed by atoms with E-state index in [1.807, 2.05) is 37.4 Å². The Morgan fingerprint density at radius 1 is 1.26 bits per heavy atom. The Labute approximate surface area is 142 Å². The highest BCUT2D eigenvalue weighted by molar-refractivity contribution is 6.30. The highest BCUT2D eigenvalue weighted by Gasteiger charge is 2.12. The van der Waals surface area contributed by atoms with E-state index in [0.29, 0.717) is 12.1 Å². The van der Waals surface area contributed by atoms with Crippen molar-refractivity contribution in [3.05, 3.63) is 58.9 Å². The van der Waals surface area contributed by atoms with Crippen molar-refractivity contribution in [2.45, 2.75) is 26.3 Å². The summed E-state index contributed by atoms with van der Waals surface area (Å²) >= 11 is 5.88. The number of aromatic nitrogens is 1. The SMILES string of the molecule is CCCCN(C)C(=O)c1cncc(NCc2ccc(Cl)cc2)c1. The van der Waals surface area contributed by atoms with Gasteiger partial charge in [0.15, 0.2) is 0 Å². The third-order valence-corrected chi connectivity index (χ3v) is 3.84. The molecule has 0 radical (unpaired) electrons. The minimum atomic E-state index is 0.00101. The topological polar surface area (TPSA) is 45.2 Å². The van der Waals surface area contributed by atoms with Crippen LogP contribution in [0, 0.1) is 0 Å². The molecule has 1 aromatic heterocycles. The van der Waals surface area contributed by atoms with Crippen LogP contribution in [0.2, 0.25) is 5.02 Å². The number of unbranched alkanes of at least 4 members (excludes halogenated alkanes) is 1. The zero-order valence-corrected chi connectivity index (χ0v) is 14.3. The predicted octanol–water partition coefficient (Wildman–Crippen LogP) is 4.22. The maximum absolute atomic E-state index is 12.4. The van der Waals surface area contributed by atoms with Crippen molar-refractivity contribution in [2.24, 2.45) is 0 Å². The van der Waals surface area contributed by atoms with E-state index in [9.17, 15) is 4.79 Å². The Hall–Kier alpha value is -2.07. The lowest BCUT2D eigenvalue weighted by atomic mass is 10.2. The Morgan fingerprint density at radius 3 is 2.70 bits per heavy atom. The number of hydrogen-bond donors (Lipinski definition) is 1. The number of hydrogen-bond acceptors (Lipinski definition) is 3. The quantitative estimate of drug-likeness (QED) is 0.826. The average molecular weight is 332 g/mol. The summed E-state index contributed by atoms with van der Waals surface area (Å²) in [5.41, 5.74) is 2.55. The largest absolute Gasteiger partial charge is 0.380 e. The van der Waals surface area contributed by atoms with Crippen molar-refractivity contribution < 1.29 is 4.79 Å².